The normalized spacial score (nSPS) is 24.1. The molecule has 0 aromatic carbocycles. The van der Waals surface area contributed by atoms with Crippen LogP contribution in [0.15, 0.2) is 0 Å². The van der Waals surface area contributed by atoms with E-state index in [1.807, 2.05) is 0 Å². The summed E-state index contributed by atoms with van der Waals surface area (Å²) in [5, 5.41) is 3.19. The summed E-state index contributed by atoms with van der Waals surface area (Å²) < 4.78 is 5.10. The summed E-state index contributed by atoms with van der Waals surface area (Å²) >= 11 is 0. The van der Waals surface area contributed by atoms with Crippen LogP contribution in [0, 0.1) is 5.92 Å². The molecule has 4 nitrogen and oxygen atoms in total. The van der Waals surface area contributed by atoms with Crippen molar-refractivity contribution in [1.82, 2.24) is 10.2 Å². The Labute approximate surface area is 92.0 Å². The Kier molecular flexibility index (Phi) is 6.55. The lowest BCUT2D eigenvalue weighted by molar-refractivity contribution is -0.111. The van der Waals surface area contributed by atoms with E-state index in [0.717, 1.165) is 58.5 Å². The van der Waals surface area contributed by atoms with E-state index >= 15 is 0 Å². The van der Waals surface area contributed by atoms with Crippen molar-refractivity contribution in [1.29, 1.82) is 0 Å². The number of nitrogens with one attached hydrogen (secondary N) is 1. The topological polar surface area (TPSA) is 41.6 Å². The number of hydrogen-bond donors (Lipinski definition) is 1. The quantitative estimate of drug-likeness (QED) is 0.630. The molecule has 1 N–H and O–H groups in total. The number of hydrogen-bond acceptors (Lipinski definition) is 4. The number of carbonyl (C=O) groups excluding carboxylic acids is 1. The van der Waals surface area contributed by atoms with Gasteiger partial charge in [0.1, 0.15) is 6.29 Å². The number of morpholine rings is 1. The van der Waals surface area contributed by atoms with Gasteiger partial charge < -0.3 is 19.7 Å². The fourth-order valence-electron chi connectivity index (χ4n) is 1.63. The summed E-state index contributed by atoms with van der Waals surface area (Å²) in [6.07, 6.45) is 3.13. The van der Waals surface area contributed by atoms with Crippen molar-refractivity contribution in [2.45, 2.75) is 12.8 Å². The van der Waals surface area contributed by atoms with Gasteiger partial charge in [0.15, 0.2) is 0 Å². The standard InChI is InChI=1S/C6H11NO.C5H11NO/c8-5-6-1-3-7-4-2-6;1-6-2-4-7-5-3-6/h5-7H,1-4H2;2-5H2,1H3. The van der Waals surface area contributed by atoms with Gasteiger partial charge in [-0.3, -0.25) is 0 Å². The Morgan fingerprint density at radius 1 is 1.27 bits per heavy atom. The average Bonchev–Trinajstić information content (AvgIpc) is 2.32. The molecule has 2 heterocycles. The summed E-state index contributed by atoms with van der Waals surface area (Å²) in [6.45, 7) is 6.06. The number of aldehydes is 1. The monoisotopic (exact) mass is 214 g/mol. The fraction of sp³-hybridized carbons (Fsp3) is 0.909. The molecule has 0 aromatic rings. The lowest BCUT2D eigenvalue weighted by Gasteiger charge is -2.21. The van der Waals surface area contributed by atoms with Crippen LogP contribution >= 0.6 is 0 Å². The van der Waals surface area contributed by atoms with Gasteiger partial charge in [-0.2, -0.15) is 0 Å². The van der Waals surface area contributed by atoms with Crippen LogP contribution < -0.4 is 5.32 Å². The summed E-state index contributed by atoms with van der Waals surface area (Å²) in [5.74, 6) is 0.344. The molecule has 0 unspecified atom stereocenters. The lowest BCUT2D eigenvalue weighted by atomic mass is 10.0. The highest BCUT2D eigenvalue weighted by Crippen LogP contribution is 2.06. The number of ether oxygens (including phenoxy) is 1. The Morgan fingerprint density at radius 2 is 1.87 bits per heavy atom. The third-order valence-electron chi connectivity index (χ3n) is 2.81. The van der Waals surface area contributed by atoms with Gasteiger partial charge in [-0.25, -0.2) is 0 Å². The van der Waals surface area contributed by atoms with Crippen LogP contribution in [0.1, 0.15) is 12.8 Å². The highest BCUT2D eigenvalue weighted by molar-refractivity contribution is 5.53. The van der Waals surface area contributed by atoms with Gasteiger partial charge in [-0.1, -0.05) is 0 Å². The third-order valence-corrected chi connectivity index (χ3v) is 2.81. The first kappa shape index (κ1) is 12.6. The first-order valence-corrected chi connectivity index (χ1v) is 5.75. The van der Waals surface area contributed by atoms with E-state index in [0.29, 0.717) is 5.92 Å². The van der Waals surface area contributed by atoms with Crippen LogP contribution in [-0.4, -0.2) is 57.6 Å². The van der Waals surface area contributed by atoms with Gasteiger partial charge >= 0.3 is 0 Å². The number of carbonyl (C=O) groups is 1. The van der Waals surface area contributed by atoms with E-state index in [9.17, 15) is 4.79 Å². The summed E-state index contributed by atoms with van der Waals surface area (Å²) in [7, 11) is 2.11. The highest BCUT2D eigenvalue weighted by Gasteiger charge is 2.09. The molecule has 0 spiro atoms. The molecule has 2 rings (SSSR count). The zero-order chi connectivity index (χ0) is 10.9. The molecule has 2 aliphatic rings. The molecule has 2 aliphatic heterocycles. The highest BCUT2D eigenvalue weighted by atomic mass is 16.5. The first-order valence-electron chi connectivity index (χ1n) is 5.75. The molecule has 4 heteroatoms. The maximum Gasteiger partial charge on any atom is 0.123 e. The zero-order valence-electron chi connectivity index (χ0n) is 9.58. The number of rotatable bonds is 1. The van der Waals surface area contributed by atoms with Crippen LogP contribution in [0.3, 0.4) is 0 Å². The summed E-state index contributed by atoms with van der Waals surface area (Å²) in [5.41, 5.74) is 0. The molecule has 2 fully saturated rings. The fourth-order valence-corrected chi connectivity index (χ4v) is 1.63. The van der Waals surface area contributed by atoms with E-state index in [2.05, 4.69) is 17.3 Å². The van der Waals surface area contributed by atoms with Gasteiger partial charge in [0.25, 0.3) is 0 Å². The van der Waals surface area contributed by atoms with Crippen molar-refractivity contribution < 1.29 is 9.53 Å². The first-order chi connectivity index (χ1) is 7.33. The number of nitrogens with zero attached hydrogens (tertiary/aromatic N) is 1. The van der Waals surface area contributed by atoms with Crippen molar-refractivity contribution in [3.05, 3.63) is 0 Å². The van der Waals surface area contributed by atoms with Crippen molar-refractivity contribution in [2.75, 3.05) is 46.4 Å². The van der Waals surface area contributed by atoms with E-state index in [4.69, 9.17) is 4.74 Å². The number of likely N-dealkylation sites (N-methyl/N-ethyl adjacent to an activating group) is 1. The molecule has 0 aromatic heterocycles. The largest absolute Gasteiger partial charge is 0.379 e. The molecular weight excluding hydrogens is 192 g/mol. The molecule has 0 bridgehead atoms. The van der Waals surface area contributed by atoms with Crippen molar-refractivity contribution in [3.63, 3.8) is 0 Å². The van der Waals surface area contributed by atoms with Crippen molar-refractivity contribution in [2.24, 2.45) is 5.92 Å². The van der Waals surface area contributed by atoms with Crippen LogP contribution in [-0.2, 0) is 9.53 Å². The van der Waals surface area contributed by atoms with E-state index < -0.39 is 0 Å². The lowest BCUT2D eigenvalue weighted by Crippen LogP contribution is -2.32. The Morgan fingerprint density at radius 3 is 2.20 bits per heavy atom. The minimum atomic E-state index is 0.344. The maximum atomic E-state index is 10.1. The maximum absolute atomic E-state index is 10.1. The molecule has 2 saturated heterocycles. The molecule has 0 aliphatic carbocycles. The summed E-state index contributed by atoms with van der Waals surface area (Å²) in [4.78, 5) is 12.4. The van der Waals surface area contributed by atoms with Gasteiger partial charge in [0, 0.05) is 19.0 Å². The van der Waals surface area contributed by atoms with Gasteiger partial charge in [0.2, 0.25) is 0 Å². The smallest absolute Gasteiger partial charge is 0.123 e. The molecule has 0 radical (unpaired) electrons. The SMILES string of the molecule is CN1CCOCC1.O=CC1CCNCC1. The predicted octanol–water partition coefficient (Wildman–Crippen LogP) is 0.133. The second-order valence-corrected chi connectivity index (χ2v) is 4.14. The molecule has 0 saturated carbocycles. The molecule has 0 amide bonds. The minimum absolute atomic E-state index is 0.344. The average molecular weight is 214 g/mol. The second-order valence-electron chi connectivity index (χ2n) is 4.14. The zero-order valence-corrected chi connectivity index (χ0v) is 9.58. The molecule has 88 valence electrons. The Balaban J connectivity index is 0.000000151. The minimum Gasteiger partial charge on any atom is -0.379 e. The molecule has 15 heavy (non-hydrogen) atoms. The van der Waals surface area contributed by atoms with Crippen LogP contribution in [0.2, 0.25) is 0 Å². The van der Waals surface area contributed by atoms with Gasteiger partial charge in [-0.05, 0) is 33.0 Å². The van der Waals surface area contributed by atoms with Crippen LogP contribution in [0.25, 0.3) is 0 Å². The van der Waals surface area contributed by atoms with E-state index in [1.165, 1.54) is 0 Å². The molecular formula is C11H22N2O2. The van der Waals surface area contributed by atoms with E-state index in [1.54, 1.807) is 0 Å². The third kappa shape index (κ3) is 5.87. The Bertz CT molecular complexity index is 164. The van der Waals surface area contributed by atoms with Crippen LogP contribution in [0.5, 0.6) is 0 Å². The van der Waals surface area contributed by atoms with Gasteiger partial charge in [-0.15, -0.1) is 0 Å². The van der Waals surface area contributed by atoms with Crippen LogP contribution in [0.4, 0.5) is 0 Å². The van der Waals surface area contributed by atoms with Crippen molar-refractivity contribution >= 4 is 6.29 Å². The number of piperidine rings is 1. The predicted molar refractivity (Wildman–Crippen MR) is 60.0 cm³/mol. The van der Waals surface area contributed by atoms with Crippen molar-refractivity contribution in [3.8, 4) is 0 Å². The van der Waals surface area contributed by atoms with Gasteiger partial charge in [0.05, 0.1) is 13.2 Å². The summed E-state index contributed by atoms with van der Waals surface area (Å²) in [6, 6.07) is 0. The second kappa shape index (κ2) is 7.79. The van der Waals surface area contributed by atoms with E-state index in [-0.39, 0.29) is 0 Å². The Hall–Kier alpha value is -0.450. The molecule has 0 atom stereocenters.